The molecular formula is CH9AlBSiZr+. The van der Waals surface area contributed by atoms with Crippen LogP contribution in [-0.4, -0.2) is 34.2 Å². The first-order valence-electron chi connectivity index (χ1n) is 1.12. The van der Waals surface area contributed by atoms with Crippen LogP contribution in [0.15, 0.2) is 0 Å². The molecule has 2 radical (unpaired) electrons. The van der Waals surface area contributed by atoms with Crippen molar-refractivity contribution in [1.82, 2.24) is 0 Å². The summed E-state index contributed by atoms with van der Waals surface area (Å²) in [6, 6.07) is 0. The van der Waals surface area contributed by atoms with E-state index in [0.29, 0.717) is 0 Å². The van der Waals surface area contributed by atoms with Crippen LogP contribution < -0.4 is 0 Å². The summed E-state index contributed by atoms with van der Waals surface area (Å²) >= 11 is 0. The maximum Gasteiger partial charge on any atom is 1.00 e. The van der Waals surface area contributed by atoms with Crippen LogP contribution in [0.3, 0.4) is 0 Å². The molecule has 0 aliphatic heterocycles. The first-order valence-corrected chi connectivity index (χ1v) is 3.35. The average Bonchev–Trinajstić information content (AvgIpc) is 0.918. The summed E-state index contributed by atoms with van der Waals surface area (Å²) in [5.74, 6) is 0. The first kappa shape index (κ1) is 15.9. The zero-order valence-corrected chi connectivity index (χ0v) is 6.66. The zero-order valence-electron chi connectivity index (χ0n) is 3.78. The molecule has 0 atom stereocenters. The number of hydrogen-bond acceptors (Lipinski definition) is 0. The summed E-state index contributed by atoms with van der Waals surface area (Å²) in [5.41, 5.74) is 0. The van der Waals surface area contributed by atoms with E-state index in [1.54, 1.807) is 0 Å². The summed E-state index contributed by atoms with van der Waals surface area (Å²) in [7, 11) is 4.90. The molecule has 0 saturated carbocycles. The molecule has 0 aromatic carbocycles. The van der Waals surface area contributed by atoms with Crippen LogP contribution in [0.5, 0.6) is 0 Å². The molecule has 0 saturated heterocycles. The van der Waals surface area contributed by atoms with E-state index in [1.165, 1.54) is 0 Å². The second kappa shape index (κ2) is 17.3. The second-order valence-electron chi connectivity index (χ2n) is 0.408. The third-order valence-electron chi connectivity index (χ3n) is 0. The van der Waals surface area contributed by atoms with Gasteiger partial charge in [0.15, 0.2) is 17.4 Å². The molecular weight excluding hydrogens is 169 g/mol. The van der Waals surface area contributed by atoms with Gasteiger partial charge < -0.3 is 0 Å². The fraction of sp³-hybridized carbons (Fsp3) is 1.00. The maximum absolute atomic E-state index is 4.99. The molecule has 0 aliphatic rings. The van der Waals surface area contributed by atoms with E-state index in [9.17, 15) is 0 Å². The minimum absolute atomic E-state index is 0. The van der Waals surface area contributed by atoms with Crippen molar-refractivity contribution in [2.75, 3.05) is 0 Å². The van der Waals surface area contributed by atoms with Crippen LogP contribution in [0.25, 0.3) is 0 Å². The van der Waals surface area contributed by atoms with Crippen LogP contribution in [0.2, 0.25) is 6.55 Å². The molecule has 5 heavy (non-hydrogen) atoms. The van der Waals surface area contributed by atoms with Gasteiger partial charge in [0.2, 0.25) is 0 Å². The van der Waals surface area contributed by atoms with E-state index < -0.39 is 0 Å². The Morgan fingerprint density at radius 2 is 1.80 bits per heavy atom. The number of rotatable bonds is 0. The molecule has 0 aromatic heterocycles. The quantitative estimate of drug-likeness (QED) is 0.384. The Labute approximate surface area is 68.0 Å². The van der Waals surface area contributed by atoms with E-state index in [0.717, 1.165) is 0 Å². The van der Waals surface area contributed by atoms with Gasteiger partial charge in [0.25, 0.3) is 0 Å². The molecule has 0 heterocycles. The van der Waals surface area contributed by atoms with Gasteiger partial charge in [0, 0.05) is 33.6 Å². The van der Waals surface area contributed by atoms with Crippen molar-refractivity contribution in [3.05, 3.63) is 0 Å². The van der Waals surface area contributed by atoms with E-state index >= 15 is 0 Å². The largest absolute Gasteiger partial charge is 1.00 e. The summed E-state index contributed by atoms with van der Waals surface area (Å²) in [5, 5.41) is 0. The Balaban J connectivity index is -0.00000000667. The van der Waals surface area contributed by atoms with Crippen LogP contribution in [0.4, 0.5) is 0 Å². The standard InChI is InChI=1S/CH5BSi.Al.Zr.3H/c1-3-2;;;;;/h3H2,1H3;;;;;/p+1. The van der Waals surface area contributed by atoms with Gasteiger partial charge in [-0.05, 0) is 9.39 Å². The van der Waals surface area contributed by atoms with Crippen molar-refractivity contribution in [2.24, 2.45) is 0 Å². The van der Waals surface area contributed by atoms with Gasteiger partial charge >= 0.3 is 1.43 Å². The Hall–Kier alpha value is 1.70. The number of hydrogen-bond donors (Lipinski definition) is 0. The van der Waals surface area contributed by atoms with Gasteiger partial charge in [-0.3, -0.25) is 0 Å². The molecule has 0 aromatic rings. The summed E-state index contributed by atoms with van der Waals surface area (Å²) in [4.78, 5) is 0. The van der Waals surface area contributed by atoms with Gasteiger partial charge in [-0.25, -0.2) is 0 Å². The average molecular weight is 178 g/mol. The van der Waals surface area contributed by atoms with Gasteiger partial charge in [-0.2, -0.15) is 0 Å². The third kappa shape index (κ3) is 27.0. The molecule has 0 aliphatic carbocycles. The molecule has 0 bridgehead atoms. The monoisotopic (exact) mass is 177 g/mol. The van der Waals surface area contributed by atoms with E-state index in [4.69, 9.17) is 7.44 Å². The van der Waals surface area contributed by atoms with Gasteiger partial charge in [0.05, 0.1) is 0 Å². The second-order valence-corrected chi connectivity index (χ2v) is 1.22. The SMILES string of the molecule is [AlH3].[B][SiH2]C.[H+].[Zr]. The van der Waals surface area contributed by atoms with Crippen molar-refractivity contribution in [3.63, 3.8) is 0 Å². The van der Waals surface area contributed by atoms with Gasteiger partial charge in [-0.1, -0.05) is 6.55 Å². The molecule has 0 spiro atoms. The van der Waals surface area contributed by atoms with E-state index in [2.05, 4.69) is 0 Å². The van der Waals surface area contributed by atoms with Crippen molar-refractivity contribution in [1.29, 1.82) is 0 Å². The summed E-state index contributed by atoms with van der Waals surface area (Å²) in [6.07, 6.45) is 0. The van der Waals surface area contributed by atoms with Gasteiger partial charge in [0.1, 0.15) is 0 Å². The molecule has 0 nitrogen and oxygen atoms in total. The fourth-order valence-corrected chi connectivity index (χ4v) is 0. The molecule has 0 unspecified atom stereocenters. The Kier molecular flexibility index (Phi) is 55.0. The smallest absolute Gasteiger partial charge is 0.0815 e. The Morgan fingerprint density at radius 1 is 1.80 bits per heavy atom. The van der Waals surface area contributed by atoms with Crippen LogP contribution in [-0.2, 0) is 26.2 Å². The molecule has 0 N–H and O–H groups in total. The maximum atomic E-state index is 4.99. The predicted molar refractivity (Wildman–Crippen MR) is 31.2 cm³/mol. The van der Waals surface area contributed by atoms with Crippen LogP contribution >= 0.6 is 0 Å². The van der Waals surface area contributed by atoms with Crippen molar-refractivity contribution in [3.8, 4) is 0 Å². The fourth-order valence-electron chi connectivity index (χ4n) is 0. The van der Waals surface area contributed by atoms with Crippen LogP contribution in [0, 0.1) is 0 Å². The summed E-state index contributed by atoms with van der Waals surface area (Å²) < 4.78 is 0. The zero-order chi connectivity index (χ0) is 2.71. The Morgan fingerprint density at radius 3 is 1.80 bits per heavy atom. The molecule has 0 amide bonds. The first-order chi connectivity index (χ1) is 1.41. The molecule has 0 fully saturated rings. The topological polar surface area (TPSA) is 0 Å². The summed E-state index contributed by atoms with van der Waals surface area (Å²) in [6.45, 7) is 2.04. The predicted octanol–water partition coefficient (Wildman–Crippen LogP) is -1.79. The Bertz CT molecular complexity index is 15.5. The van der Waals surface area contributed by atoms with E-state index in [1.807, 2.05) is 6.55 Å². The van der Waals surface area contributed by atoms with Crippen molar-refractivity contribution >= 4 is 34.2 Å². The minimum Gasteiger partial charge on any atom is -0.0815 e. The normalized spacial score (nSPS) is 5.80. The molecule has 26 valence electrons. The van der Waals surface area contributed by atoms with Crippen LogP contribution in [0.1, 0.15) is 1.43 Å². The van der Waals surface area contributed by atoms with E-state index in [-0.39, 0.29) is 54.4 Å². The molecule has 0 rings (SSSR count). The van der Waals surface area contributed by atoms with Gasteiger partial charge in [-0.15, -0.1) is 0 Å². The minimum atomic E-state index is -0.0833. The molecule has 4 heteroatoms. The van der Waals surface area contributed by atoms with Crippen molar-refractivity contribution < 1.29 is 27.6 Å². The van der Waals surface area contributed by atoms with Crippen molar-refractivity contribution in [2.45, 2.75) is 6.55 Å². The third-order valence-corrected chi connectivity index (χ3v) is 0.